The molecule has 0 aromatic heterocycles. The number of rotatable bonds is 7. The number of benzene rings is 1. The SMILES string of the molecule is CCN(CC)CCNC(=O)/C(=N\O)c1ccccc1. The number of carbonyl (C=O) groups is 1. The Kier molecular flexibility index (Phi) is 6.60. The average molecular weight is 263 g/mol. The highest BCUT2D eigenvalue weighted by atomic mass is 16.4. The summed E-state index contributed by atoms with van der Waals surface area (Å²) < 4.78 is 0. The van der Waals surface area contributed by atoms with E-state index in [0.717, 1.165) is 19.6 Å². The van der Waals surface area contributed by atoms with Crippen LogP contribution in [-0.4, -0.2) is 47.9 Å². The second-order valence-corrected chi connectivity index (χ2v) is 4.10. The normalized spacial score (nSPS) is 11.6. The predicted octanol–water partition coefficient (Wildman–Crippen LogP) is 1.32. The topological polar surface area (TPSA) is 64.9 Å². The Hall–Kier alpha value is -1.88. The number of likely N-dealkylation sites (N-methyl/N-ethyl adjacent to an activating group) is 1. The molecule has 0 spiro atoms. The first-order valence-corrected chi connectivity index (χ1v) is 6.50. The number of nitrogens with one attached hydrogen (secondary N) is 1. The van der Waals surface area contributed by atoms with Crippen molar-refractivity contribution in [3.05, 3.63) is 35.9 Å². The number of hydrogen-bond acceptors (Lipinski definition) is 4. The van der Waals surface area contributed by atoms with Crippen LogP contribution in [0.2, 0.25) is 0 Å². The summed E-state index contributed by atoms with van der Waals surface area (Å²) in [6.45, 7) is 7.38. The minimum atomic E-state index is -0.360. The maximum absolute atomic E-state index is 11.9. The summed E-state index contributed by atoms with van der Waals surface area (Å²) in [5.74, 6) is -0.360. The van der Waals surface area contributed by atoms with Crippen molar-refractivity contribution in [1.29, 1.82) is 0 Å². The highest BCUT2D eigenvalue weighted by Crippen LogP contribution is 2.01. The van der Waals surface area contributed by atoms with E-state index >= 15 is 0 Å². The monoisotopic (exact) mass is 263 g/mol. The van der Waals surface area contributed by atoms with Gasteiger partial charge in [-0.15, -0.1) is 0 Å². The van der Waals surface area contributed by atoms with Crippen molar-refractivity contribution in [2.24, 2.45) is 5.16 Å². The number of oxime groups is 1. The van der Waals surface area contributed by atoms with Crippen molar-refractivity contribution in [3.63, 3.8) is 0 Å². The van der Waals surface area contributed by atoms with Gasteiger partial charge < -0.3 is 15.4 Å². The summed E-state index contributed by atoms with van der Waals surface area (Å²) in [5.41, 5.74) is 0.644. The number of amides is 1. The fraction of sp³-hybridized carbons (Fsp3) is 0.429. The van der Waals surface area contributed by atoms with Crippen molar-refractivity contribution in [2.45, 2.75) is 13.8 Å². The summed E-state index contributed by atoms with van der Waals surface area (Å²) in [4.78, 5) is 14.1. The standard InChI is InChI=1S/C14H21N3O2/c1-3-17(4-2)11-10-15-14(18)13(16-19)12-8-6-5-7-9-12/h5-9,19H,3-4,10-11H2,1-2H3,(H,15,18)/b16-13-. The molecule has 0 saturated heterocycles. The Bertz CT molecular complexity index is 414. The second-order valence-electron chi connectivity index (χ2n) is 4.10. The molecule has 1 aromatic rings. The first kappa shape index (κ1) is 15.2. The molecule has 0 aliphatic rings. The van der Waals surface area contributed by atoms with Gasteiger partial charge in [-0.3, -0.25) is 4.79 Å². The molecule has 1 aromatic carbocycles. The van der Waals surface area contributed by atoms with Gasteiger partial charge in [-0.2, -0.15) is 0 Å². The summed E-state index contributed by atoms with van der Waals surface area (Å²) in [5, 5.41) is 14.8. The lowest BCUT2D eigenvalue weighted by atomic mass is 10.1. The van der Waals surface area contributed by atoms with Gasteiger partial charge in [0, 0.05) is 18.7 Å². The van der Waals surface area contributed by atoms with Crippen LogP contribution in [0, 0.1) is 0 Å². The molecule has 19 heavy (non-hydrogen) atoms. The smallest absolute Gasteiger partial charge is 0.273 e. The molecule has 1 rings (SSSR count). The Morgan fingerprint density at radius 1 is 1.26 bits per heavy atom. The zero-order chi connectivity index (χ0) is 14.1. The van der Waals surface area contributed by atoms with Crippen LogP contribution in [-0.2, 0) is 4.79 Å². The molecule has 0 bridgehead atoms. The van der Waals surface area contributed by atoms with Crippen LogP contribution in [0.25, 0.3) is 0 Å². The van der Waals surface area contributed by atoms with E-state index in [1.165, 1.54) is 0 Å². The van der Waals surface area contributed by atoms with Crippen LogP contribution >= 0.6 is 0 Å². The van der Waals surface area contributed by atoms with Gasteiger partial charge in [0.2, 0.25) is 0 Å². The predicted molar refractivity (Wildman–Crippen MR) is 75.6 cm³/mol. The van der Waals surface area contributed by atoms with E-state index in [1.807, 2.05) is 6.07 Å². The maximum Gasteiger partial charge on any atom is 0.273 e. The van der Waals surface area contributed by atoms with Gasteiger partial charge in [-0.1, -0.05) is 49.3 Å². The van der Waals surface area contributed by atoms with Crippen molar-refractivity contribution in [1.82, 2.24) is 10.2 Å². The van der Waals surface area contributed by atoms with Crippen molar-refractivity contribution in [2.75, 3.05) is 26.2 Å². The highest BCUT2D eigenvalue weighted by Gasteiger charge is 2.14. The minimum absolute atomic E-state index is 0.0418. The van der Waals surface area contributed by atoms with Crippen LogP contribution in [0.1, 0.15) is 19.4 Å². The molecule has 104 valence electrons. The number of nitrogens with zero attached hydrogens (tertiary/aromatic N) is 2. The van der Waals surface area contributed by atoms with Gasteiger partial charge in [0.15, 0.2) is 5.71 Å². The third-order valence-electron chi connectivity index (χ3n) is 2.97. The van der Waals surface area contributed by atoms with Crippen LogP contribution in [0.5, 0.6) is 0 Å². The van der Waals surface area contributed by atoms with E-state index < -0.39 is 0 Å². The molecular formula is C14H21N3O2. The molecule has 0 saturated carbocycles. The lowest BCUT2D eigenvalue weighted by Gasteiger charge is -2.18. The Morgan fingerprint density at radius 3 is 2.42 bits per heavy atom. The van der Waals surface area contributed by atoms with Crippen LogP contribution < -0.4 is 5.32 Å². The van der Waals surface area contributed by atoms with E-state index in [9.17, 15) is 4.79 Å². The first-order valence-electron chi connectivity index (χ1n) is 6.50. The van der Waals surface area contributed by atoms with Crippen LogP contribution in [0.15, 0.2) is 35.5 Å². The van der Waals surface area contributed by atoms with E-state index in [1.54, 1.807) is 24.3 Å². The lowest BCUT2D eigenvalue weighted by Crippen LogP contribution is -2.38. The molecule has 0 unspecified atom stereocenters. The van der Waals surface area contributed by atoms with Crippen LogP contribution in [0.4, 0.5) is 0 Å². The molecule has 0 atom stereocenters. The van der Waals surface area contributed by atoms with Crippen molar-refractivity contribution in [3.8, 4) is 0 Å². The summed E-state index contributed by atoms with van der Waals surface area (Å²) in [7, 11) is 0. The molecule has 2 N–H and O–H groups in total. The number of carbonyl (C=O) groups excluding carboxylic acids is 1. The van der Waals surface area contributed by atoms with Gasteiger partial charge in [0.25, 0.3) is 5.91 Å². The van der Waals surface area contributed by atoms with Crippen LogP contribution in [0.3, 0.4) is 0 Å². The summed E-state index contributed by atoms with van der Waals surface area (Å²) >= 11 is 0. The van der Waals surface area contributed by atoms with Gasteiger partial charge in [0.1, 0.15) is 0 Å². The second kappa shape index (κ2) is 8.26. The average Bonchev–Trinajstić information content (AvgIpc) is 2.45. The molecule has 0 aliphatic carbocycles. The number of hydrogen-bond donors (Lipinski definition) is 2. The Balaban J connectivity index is 2.53. The molecule has 0 aliphatic heterocycles. The van der Waals surface area contributed by atoms with E-state index in [4.69, 9.17) is 5.21 Å². The first-order chi connectivity index (χ1) is 9.22. The van der Waals surface area contributed by atoms with Gasteiger partial charge in [-0.05, 0) is 13.1 Å². The van der Waals surface area contributed by atoms with Crippen molar-refractivity contribution >= 4 is 11.6 Å². The quantitative estimate of drug-likeness (QED) is 0.443. The molecule has 0 radical (unpaired) electrons. The summed E-state index contributed by atoms with van der Waals surface area (Å²) in [6, 6.07) is 8.90. The van der Waals surface area contributed by atoms with E-state index in [2.05, 4.69) is 29.2 Å². The van der Waals surface area contributed by atoms with E-state index in [0.29, 0.717) is 12.1 Å². The zero-order valence-electron chi connectivity index (χ0n) is 11.5. The minimum Gasteiger partial charge on any atom is -0.410 e. The molecule has 0 fully saturated rings. The fourth-order valence-corrected chi connectivity index (χ4v) is 1.78. The summed E-state index contributed by atoms with van der Waals surface area (Å²) in [6.07, 6.45) is 0. The Morgan fingerprint density at radius 2 is 1.89 bits per heavy atom. The zero-order valence-corrected chi connectivity index (χ0v) is 11.5. The largest absolute Gasteiger partial charge is 0.410 e. The fourth-order valence-electron chi connectivity index (χ4n) is 1.78. The Labute approximate surface area is 113 Å². The molecular weight excluding hydrogens is 242 g/mol. The third-order valence-corrected chi connectivity index (χ3v) is 2.97. The highest BCUT2D eigenvalue weighted by molar-refractivity contribution is 6.45. The van der Waals surface area contributed by atoms with Gasteiger partial charge in [-0.25, -0.2) is 0 Å². The van der Waals surface area contributed by atoms with Crippen molar-refractivity contribution < 1.29 is 10.0 Å². The van der Waals surface area contributed by atoms with Gasteiger partial charge in [0.05, 0.1) is 0 Å². The van der Waals surface area contributed by atoms with Gasteiger partial charge >= 0.3 is 0 Å². The molecule has 5 heteroatoms. The molecule has 1 amide bonds. The molecule has 0 heterocycles. The maximum atomic E-state index is 11.9. The lowest BCUT2D eigenvalue weighted by molar-refractivity contribution is -0.114. The van der Waals surface area contributed by atoms with E-state index in [-0.39, 0.29) is 11.6 Å². The molecule has 5 nitrogen and oxygen atoms in total. The third kappa shape index (κ3) is 4.71.